The van der Waals surface area contributed by atoms with E-state index >= 15 is 0 Å². The van der Waals surface area contributed by atoms with E-state index in [9.17, 15) is 4.79 Å². The van der Waals surface area contributed by atoms with Crippen molar-refractivity contribution in [3.63, 3.8) is 0 Å². The number of aromatic nitrogens is 4. The second kappa shape index (κ2) is 5.56. The van der Waals surface area contributed by atoms with Crippen molar-refractivity contribution in [1.29, 1.82) is 0 Å². The molecule has 0 bridgehead atoms. The fourth-order valence-electron chi connectivity index (χ4n) is 1.98. The minimum Gasteiger partial charge on any atom is -0.493 e. The molecule has 3 aromatic rings. The van der Waals surface area contributed by atoms with Crippen molar-refractivity contribution in [1.82, 2.24) is 19.7 Å². The van der Waals surface area contributed by atoms with Crippen LogP contribution in [0.1, 0.15) is 6.42 Å². The van der Waals surface area contributed by atoms with Crippen molar-refractivity contribution in [2.75, 3.05) is 6.61 Å². The van der Waals surface area contributed by atoms with Crippen LogP contribution < -0.4 is 10.3 Å². The molecule has 6 nitrogen and oxygen atoms in total. The van der Waals surface area contributed by atoms with Crippen LogP contribution in [-0.4, -0.2) is 26.4 Å². The maximum Gasteiger partial charge on any atom is 0.248 e. The third-order valence-electron chi connectivity index (χ3n) is 2.96. The number of hydrogen-bond donors (Lipinski definition) is 1. The molecule has 0 aliphatic carbocycles. The van der Waals surface area contributed by atoms with Crippen molar-refractivity contribution < 1.29 is 4.74 Å². The highest BCUT2D eigenvalue weighted by Crippen LogP contribution is 2.18. The molecule has 102 valence electrons. The van der Waals surface area contributed by atoms with E-state index in [1.54, 1.807) is 17.1 Å². The van der Waals surface area contributed by atoms with Gasteiger partial charge in [-0.3, -0.25) is 9.48 Å². The van der Waals surface area contributed by atoms with E-state index in [1.807, 2.05) is 18.2 Å². The Bertz CT molecular complexity index is 749. The number of benzene rings is 1. The number of hydrogen-bond acceptors (Lipinski definition) is 4. The quantitative estimate of drug-likeness (QED) is 0.714. The molecule has 0 amide bonds. The van der Waals surface area contributed by atoms with Gasteiger partial charge in [0.05, 0.1) is 12.1 Å². The number of aryl methyl sites for hydroxylation is 1. The summed E-state index contributed by atoms with van der Waals surface area (Å²) in [7, 11) is 0. The van der Waals surface area contributed by atoms with Gasteiger partial charge in [0.25, 0.3) is 0 Å². The van der Waals surface area contributed by atoms with Gasteiger partial charge >= 0.3 is 0 Å². The normalized spacial score (nSPS) is 10.8. The van der Waals surface area contributed by atoms with E-state index < -0.39 is 0 Å². The monoisotopic (exact) mass is 270 g/mol. The molecule has 20 heavy (non-hydrogen) atoms. The summed E-state index contributed by atoms with van der Waals surface area (Å²) in [4.78, 5) is 17.9. The van der Waals surface area contributed by atoms with Crippen molar-refractivity contribution >= 4 is 10.9 Å². The summed E-state index contributed by atoms with van der Waals surface area (Å²) in [5.41, 5.74) is 0.673. The van der Waals surface area contributed by atoms with Gasteiger partial charge in [0.15, 0.2) is 0 Å². The molecule has 1 N–H and O–H groups in total. The molecule has 6 heteroatoms. The molecule has 2 heterocycles. The summed E-state index contributed by atoms with van der Waals surface area (Å²) in [6, 6.07) is 8.98. The summed E-state index contributed by atoms with van der Waals surface area (Å²) >= 11 is 0. The summed E-state index contributed by atoms with van der Waals surface area (Å²) in [6.07, 6.45) is 4.04. The lowest BCUT2D eigenvalue weighted by Crippen LogP contribution is -2.05. The maximum absolute atomic E-state index is 11.3. The zero-order valence-electron chi connectivity index (χ0n) is 10.8. The molecule has 0 atom stereocenters. The largest absolute Gasteiger partial charge is 0.493 e. The highest BCUT2D eigenvalue weighted by Gasteiger charge is 1.99. The van der Waals surface area contributed by atoms with Crippen LogP contribution in [0.3, 0.4) is 0 Å². The summed E-state index contributed by atoms with van der Waals surface area (Å²) < 4.78 is 7.43. The molecule has 0 radical (unpaired) electrons. The average molecular weight is 270 g/mol. The van der Waals surface area contributed by atoms with Gasteiger partial charge in [-0.15, -0.1) is 0 Å². The molecule has 0 saturated heterocycles. The van der Waals surface area contributed by atoms with Crippen LogP contribution >= 0.6 is 0 Å². The Hall–Kier alpha value is -2.63. The smallest absolute Gasteiger partial charge is 0.248 e. The van der Waals surface area contributed by atoms with Gasteiger partial charge in [0, 0.05) is 25.1 Å². The lowest BCUT2D eigenvalue weighted by molar-refractivity contribution is 0.299. The summed E-state index contributed by atoms with van der Waals surface area (Å²) in [6.45, 7) is 1.35. The van der Waals surface area contributed by atoms with Crippen molar-refractivity contribution in [2.45, 2.75) is 13.0 Å². The first-order chi connectivity index (χ1) is 9.81. The van der Waals surface area contributed by atoms with Crippen LogP contribution in [0.25, 0.3) is 10.9 Å². The Kier molecular flexibility index (Phi) is 3.45. The van der Waals surface area contributed by atoms with Crippen LogP contribution in [0.4, 0.5) is 0 Å². The average Bonchev–Trinajstić information content (AvgIpc) is 2.96. The van der Waals surface area contributed by atoms with Gasteiger partial charge in [-0.05, 0) is 23.6 Å². The Balaban J connectivity index is 1.61. The third-order valence-corrected chi connectivity index (χ3v) is 2.96. The van der Waals surface area contributed by atoms with Crippen molar-refractivity contribution in [3.05, 3.63) is 53.3 Å². The predicted octanol–water partition coefficient (Wildman–Crippen LogP) is 1.59. The standard InChI is InChI=1S/C14H14N4O2/c19-14-5-3-11-2-4-12(8-13(11)17-14)20-7-1-6-18-10-15-9-16-18/h2-5,8-10H,1,6-7H2,(H,17,19). The number of rotatable bonds is 5. The van der Waals surface area contributed by atoms with Crippen LogP contribution in [0.5, 0.6) is 5.75 Å². The first kappa shape index (κ1) is 12.4. The molecule has 0 unspecified atom stereocenters. The first-order valence-corrected chi connectivity index (χ1v) is 6.39. The van der Waals surface area contributed by atoms with Crippen molar-refractivity contribution in [3.8, 4) is 5.75 Å². The topological polar surface area (TPSA) is 72.8 Å². The SMILES string of the molecule is O=c1ccc2ccc(OCCCn3cncn3)cc2[nH]1. The lowest BCUT2D eigenvalue weighted by atomic mass is 10.2. The Morgan fingerprint density at radius 3 is 3.00 bits per heavy atom. The van der Waals surface area contributed by atoms with Gasteiger partial charge in [-0.1, -0.05) is 0 Å². The van der Waals surface area contributed by atoms with E-state index in [-0.39, 0.29) is 5.56 Å². The van der Waals surface area contributed by atoms with Gasteiger partial charge in [-0.25, -0.2) is 4.98 Å². The number of ether oxygens (including phenoxy) is 1. The van der Waals surface area contributed by atoms with E-state index in [0.717, 1.165) is 29.6 Å². The molecule has 0 spiro atoms. The number of nitrogens with zero attached hydrogens (tertiary/aromatic N) is 3. The number of pyridine rings is 1. The molecular weight excluding hydrogens is 256 g/mol. The van der Waals surface area contributed by atoms with Crippen LogP contribution in [0.2, 0.25) is 0 Å². The molecule has 2 aromatic heterocycles. The van der Waals surface area contributed by atoms with E-state index in [1.165, 1.54) is 12.4 Å². The molecule has 0 fully saturated rings. The second-order valence-corrected chi connectivity index (χ2v) is 4.43. The van der Waals surface area contributed by atoms with Crippen LogP contribution in [-0.2, 0) is 6.54 Å². The van der Waals surface area contributed by atoms with Crippen LogP contribution in [0.15, 0.2) is 47.8 Å². The fraction of sp³-hybridized carbons (Fsp3) is 0.214. The zero-order chi connectivity index (χ0) is 13.8. The highest BCUT2D eigenvalue weighted by atomic mass is 16.5. The first-order valence-electron chi connectivity index (χ1n) is 6.39. The Labute approximate surface area is 115 Å². The molecule has 0 aliphatic heterocycles. The molecule has 1 aromatic carbocycles. The zero-order valence-corrected chi connectivity index (χ0v) is 10.8. The molecule has 0 aliphatic rings. The minimum atomic E-state index is -0.110. The predicted molar refractivity (Wildman–Crippen MR) is 74.7 cm³/mol. The van der Waals surface area contributed by atoms with Gasteiger partial charge < -0.3 is 9.72 Å². The third kappa shape index (κ3) is 2.85. The second-order valence-electron chi connectivity index (χ2n) is 4.43. The van der Waals surface area contributed by atoms with Gasteiger partial charge in [0.1, 0.15) is 18.4 Å². The van der Waals surface area contributed by atoms with E-state index in [4.69, 9.17) is 4.74 Å². The lowest BCUT2D eigenvalue weighted by Gasteiger charge is -2.07. The Morgan fingerprint density at radius 2 is 2.15 bits per heavy atom. The highest BCUT2D eigenvalue weighted by molar-refractivity contribution is 5.79. The molecule has 0 saturated carbocycles. The van der Waals surface area contributed by atoms with Gasteiger partial charge in [0.2, 0.25) is 5.56 Å². The summed E-state index contributed by atoms with van der Waals surface area (Å²) in [5.74, 6) is 0.748. The van der Waals surface area contributed by atoms with Crippen LogP contribution in [0, 0.1) is 0 Å². The number of H-pyrrole nitrogens is 1. The summed E-state index contributed by atoms with van der Waals surface area (Å²) in [5, 5.41) is 5.01. The Morgan fingerprint density at radius 1 is 1.25 bits per heavy atom. The van der Waals surface area contributed by atoms with E-state index in [0.29, 0.717) is 6.61 Å². The number of aromatic amines is 1. The van der Waals surface area contributed by atoms with Crippen molar-refractivity contribution in [2.24, 2.45) is 0 Å². The number of nitrogens with one attached hydrogen (secondary N) is 1. The maximum atomic E-state index is 11.3. The number of fused-ring (bicyclic) bond motifs is 1. The minimum absolute atomic E-state index is 0.110. The van der Waals surface area contributed by atoms with E-state index in [2.05, 4.69) is 15.1 Å². The van der Waals surface area contributed by atoms with Gasteiger partial charge in [-0.2, -0.15) is 5.10 Å². The molecule has 3 rings (SSSR count). The molecular formula is C14H14N4O2. The fourth-order valence-corrected chi connectivity index (χ4v) is 1.98.